The highest BCUT2D eigenvalue weighted by molar-refractivity contribution is 7.99. The Bertz CT molecular complexity index is 1370. The number of aromatic nitrogens is 4. The number of nitrogens with zero attached hydrogens (tertiary/aromatic N) is 6. The number of fused-ring (bicyclic) bond motifs is 2. The molecule has 184 valence electrons. The molecule has 0 amide bonds. The SMILES string of the molecule is CS(=O)(=O)N1CCCC(CCn2cnc(N)c3nc(Sc4cc5c(cc4C#N)OCCO5)nc2-3)C1. The Kier molecular flexibility index (Phi) is 6.43. The van der Waals surface area contributed by atoms with Gasteiger partial charge in [-0.2, -0.15) is 5.26 Å². The number of hydrogen-bond donors (Lipinski definition) is 1. The zero-order chi connectivity index (χ0) is 24.6. The molecule has 1 unspecified atom stereocenters. The molecule has 0 bridgehead atoms. The summed E-state index contributed by atoms with van der Waals surface area (Å²) in [6.07, 6.45) is 5.52. The molecule has 0 saturated carbocycles. The van der Waals surface area contributed by atoms with E-state index in [9.17, 15) is 13.7 Å². The summed E-state index contributed by atoms with van der Waals surface area (Å²) in [6.45, 7) is 2.61. The molecule has 4 aliphatic heterocycles. The van der Waals surface area contributed by atoms with Gasteiger partial charge in [-0.25, -0.2) is 27.7 Å². The van der Waals surface area contributed by atoms with Crippen LogP contribution in [0.5, 0.6) is 11.5 Å². The molecule has 0 spiro atoms. The fourth-order valence-electron chi connectivity index (χ4n) is 4.37. The molecule has 1 aromatic carbocycles. The molecular weight excluding hydrogens is 490 g/mol. The van der Waals surface area contributed by atoms with Gasteiger partial charge in [0.05, 0.1) is 18.1 Å². The Morgan fingerprint density at radius 1 is 1.26 bits per heavy atom. The Hall–Kier alpha value is -3.08. The molecule has 4 heterocycles. The quantitative estimate of drug-likeness (QED) is 0.518. The van der Waals surface area contributed by atoms with Crippen LogP contribution in [0.2, 0.25) is 0 Å². The molecule has 0 aromatic heterocycles. The van der Waals surface area contributed by atoms with Gasteiger partial charge >= 0.3 is 0 Å². The maximum atomic E-state index is 11.9. The Morgan fingerprint density at radius 3 is 2.77 bits per heavy atom. The predicted octanol–water partition coefficient (Wildman–Crippen LogP) is 2.22. The van der Waals surface area contributed by atoms with Crippen LogP contribution in [0.25, 0.3) is 11.5 Å². The third kappa shape index (κ3) is 5.00. The highest BCUT2D eigenvalue weighted by Gasteiger charge is 2.27. The number of anilines is 1. The average molecular weight is 516 g/mol. The van der Waals surface area contributed by atoms with Gasteiger partial charge in [-0.05, 0) is 43.0 Å². The smallest absolute Gasteiger partial charge is 0.211 e. The van der Waals surface area contributed by atoms with Crippen molar-refractivity contribution in [2.24, 2.45) is 5.92 Å². The van der Waals surface area contributed by atoms with Gasteiger partial charge in [0.25, 0.3) is 0 Å². The van der Waals surface area contributed by atoms with Crippen molar-refractivity contribution in [2.45, 2.75) is 35.9 Å². The van der Waals surface area contributed by atoms with Gasteiger partial charge in [-0.3, -0.25) is 0 Å². The summed E-state index contributed by atoms with van der Waals surface area (Å²) in [5.41, 5.74) is 7.02. The summed E-state index contributed by atoms with van der Waals surface area (Å²) in [4.78, 5) is 14.2. The lowest BCUT2D eigenvalue weighted by atomic mass is 9.96. The Balaban J connectivity index is 1.37. The van der Waals surface area contributed by atoms with Gasteiger partial charge in [0.1, 0.15) is 19.3 Å². The van der Waals surface area contributed by atoms with Crippen LogP contribution >= 0.6 is 11.8 Å². The molecule has 1 fully saturated rings. The lowest BCUT2D eigenvalue weighted by molar-refractivity contribution is 0.171. The monoisotopic (exact) mass is 515 g/mol. The second-order valence-corrected chi connectivity index (χ2v) is 11.6. The van der Waals surface area contributed by atoms with Gasteiger partial charge in [-0.15, -0.1) is 0 Å². The van der Waals surface area contributed by atoms with E-state index in [1.165, 1.54) is 18.0 Å². The van der Waals surface area contributed by atoms with E-state index in [-0.39, 0.29) is 11.7 Å². The lowest BCUT2D eigenvalue weighted by Crippen LogP contribution is -2.39. The highest BCUT2D eigenvalue weighted by Crippen LogP contribution is 2.40. The zero-order valence-corrected chi connectivity index (χ0v) is 20.8. The van der Waals surface area contributed by atoms with Crippen LogP contribution in [-0.2, 0) is 16.6 Å². The third-order valence-corrected chi connectivity index (χ3v) is 8.36. The summed E-state index contributed by atoms with van der Waals surface area (Å²) in [6, 6.07) is 5.63. The van der Waals surface area contributed by atoms with E-state index >= 15 is 0 Å². The number of hydrogen-bond acceptors (Lipinski definition) is 10. The molecule has 35 heavy (non-hydrogen) atoms. The fourth-order valence-corrected chi connectivity index (χ4v) is 6.16. The van der Waals surface area contributed by atoms with Gasteiger partial charge < -0.3 is 19.8 Å². The Labute approximate surface area is 207 Å². The number of nitrogens with two attached hydrogens (primary N) is 1. The molecule has 2 N–H and O–H groups in total. The minimum Gasteiger partial charge on any atom is -0.486 e. The fraction of sp³-hybridized carbons (Fsp3) is 0.455. The van der Waals surface area contributed by atoms with E-state index in [4.69, 9.17) is 15.2 Å². The van der Waals surface area contributed by atoms with Crippen molar-refractivity contribution in [3.8, 4) is 29.1 Å². The molecule has 5 rings (SSSR count). The number of rotatable bonds is 6. The number of nitrogen functional groups attached to an aromatic ring is 1. The van der Waals surface area contributed by atoms with Crippen LogP contribution < -0.4 is 15.2 Å². The number of sulfonamides is 1. The molecule has 13 heteroatoms. The van der Waals surface area contributed by atoms with Gasteiger partial charge in [-0.1, -0.05) is 0 Å². The summed E-state index contributed by atoms with van der Waals surface area (Å²) < 4.78 is 38.6. The summed E-state index contributed by atoms with van der Waals surface area (Å²) in [7, 11) is -3.19. The molecular formula is C22H25N7O4S2. The standard InChI is InChI=1S/C22H25N7O4S2/c1-35(30,31)29-5-2-3-14(12-29)4-6-28-13-25-20(24)19-21(28)27-22(26-19)34-18-10-17-16(9-15(18)11-23)32-7-8-33-17/h9-10,13-14H,2-8,12,24H2,1H3. The van der Waals surface area contributed by atoms with E-state index in [0.29, 0.717) is 71.5 Å². The maximum absolute atomic E-state index is 11.9. The summed E-state index contributed by atoms with van der Waals surface area (Å²) in [5, 5.41) is 10.1. The lowest BCUT2D eigenvalue weighted by Gasteiger charge is -2.31. The van der Waals surface area contributed by atoms with Crippen molar-refractivity contribution < 1.29 is 17.9 Å². The first kappa shape index (κ1) is 23.7. The molecule has 0 aliphatic carbocycles. The Morgan fingerprint density at radius 2 is 2.03 bits per heavy atom. The van der Waals surface area contributed by atoms with E-state index in [0.717, 1.165) is 19.3 Å². The van der Waals surface area contributed by atoms with Crippen LogP contribution in [0.1, 0.15) is 24.8 Å². The number of ether oxygens (including phenoxy) is 2. The second kappa shape index (κ2) is 9.52. The molecule has 4 aliphatic rings. The largest absolute Gasteiger partial charge is 0.486 e. The second-order valence-electron chi connectivity index (χ2n) is 8.63. The molecule has 1 saturated heterocycles. The minimum absolute atomic E-state index is 0.256. The van der Waals surface area contributed by atoms with Gasteiger partial charge in [0.15, 0.2) is 34.0 Å². The van der Waals surface area contributed by atoms with E-state index in [1.54, 1.807) is 22.8 Å². The van der Waals surface area contributed by atoms with Crippen molar-refractivity contribution in [2.75, 3.05) is 38.3 Å². The number of nitriles is 1. The average Bonchev–Trinajstić information content (AvgIpc) is 3.27. The predicted molar refractivity (Wildman–Crippen MR) is 129 cm³/mol. The van der Waals surface area contributed by atoms with Crippen molar-refractivity contribution in [1.82, 2.24) is 23.8 Å². The van der Waals surface area contributed by atoms with Gasteiger partial charge in [0, 0.05) is 30.6 Å². The normalized spacial score (nSPS) is 18.5. The first-order chi connectivity index (χ1) is 16.8. The van der Waals surface area contributed by atoms with Crippen molar-refractivity contribution in [3.05, 3.63) is 24.0 Å². The zero-order valence-electron chi connectivity index (χ0n) is 19.2. The minimum atomic E-state index is -3.19. The van der Waals surface area contributed by atoms with Crippen LogP contribution in [0.3, 0.4) is 0 Å². The van der Waals surface area contributed by atoms with Crippen molar-refractivity contribution in [3.63, 3.8) is 0 Å². The molecule has 1 atom stereocenters. The molecule has 1 aromatic rings. The third-order valence-electron chi connectivity index (χ3n) is 6.17. The van der Waals surface area contributed by atoms with Crippen LogP contribution in [0.15, 0.2) is 28.5 Å². The van der Waals surface area contributed by atoms with Crippen LogP contribution in [-0.4, -0.2) is 64.8 Å². The first-order valence-corrected chi connectivity index (χ1v) is 13.9. The number of benzene rings is 1. The van der Waals surface area contributed by atoms with E-state index in [2.05, 4.69) is 21.0 Å². The first-order valence-electron chi connectivity index (χ1n) is 11.3. The van der Waals surface area contributed by atoms with E-state index in [1.807, 2.05) is 4.57 Å². The van der Waals surface area contributed by atoms with E-state index < -0.39 is 10.0 Å². The van der Waals surface area contributed by atoms with Gasteiger partial charge in [0.2, 0.25) is 10.0 Å². The maximum Gasteiger partial charge on any atom is 0.211 e. The molecule has 0 radical (unpaired) electrons. The topological polar surface area (TPSA) is 149 Å². The number of imidazole rings is 1. The number of piperidine rings is 1. The summed E-state index contributed by atoms with van der Waals surface area (Å²) in [5.74, 6) is 2.27. The summed E-state index contributed by atoms with van der Waals surface area (Å²) >= 11 is 1.25. The highest BCUT2D eigenvalue weighted by atomic mass is 32.2. The number of aryl methyl sites for hydroxylation is 1. The molecule has 11 nitrogen and oxygen atoms in total. The van der Waals surface area contributed by atoms with Crippen LogP contribution in [0, 0.1) is 17.2 Å². The van der Waals surface area contributed by atoms with Crippen molar-refractivity contribution in [1.29, 1.82) is 5.26 Å². The van der Waals surface area contributed by atoms with Crippen molar-refractivity contribution >= 4 is 27.6 Å². The van der Waals surface area contributed by atoms with Crippen LogP contribution in [0.4, 0.5) is 5.82 Å².